The summed E-state index contributed by atoms with van der Waals surface area (Å²) < 4.78 is 0. The molecule has 0 fully saturated rings. The Labute approximate surface area is 103 Å². The Bertz CT molecular complexity index is 427. The third-order valence-corrected chi connectivity index (χ3v) is 3.53. The molecule has 1 aliphatic heterocycles. The highest BCUT2D eigenvalue weighted by molar-refractivity contribution is 5.80. The number of nitrogens with zero attached hydrogens (tertiary/aromatic N) is 3. The van der Waals surface area contributed by atoms with Gasteiger partial charge in [0, 0.05) is 18.4 Å². The number of hydrogen-bond donors (Lipinski definition) is 1. The quantitative estimate of drug-likeness (QED) is 0.865. The molecule has 0 radical (unpaired) electrons. The lowest BCUT2D eigenvalue weighted by Crippen LogP contribution is -2.42. The van der Waals surface area contributed by atoms with Gasteiger partial charge in [0.1, 0.15) is 0 Å². The maximum absolute atomic E-state index is 5.99. The van der Waals surface area contributed by atoms with E-state index in [0.717, 1.165) is 13.0 Å². The molecule has 0 aromatic carbocycles. The molecule has 2 unspecified atom stereocenters. The molecule has 4 nitrogen and oxygen atoms in total. The number of guanidine groups is 1. The summed E-state index contributed by atoms with van der Waals surface area (Å²) in [5, 5.41) is 0. The van der Waals surface area contributed by atoms with Crippen LogP contribution in [0.3, 0.4) is 0 Å². The van der Waals surface area contributed by atoms with Crippen LogP contribution in [0.2, 0.25) is 0 Å². The van der Waals surface area contributed by atoms with E-state index in [1.807, 2.05) is 18.5 Å². The van der Waals surface area contributed by atoms with Crippen LogP contribution in [0.25, 0.3) is 0 Å². The van der Waals surface area contributed by atoms with Crippen LogP contribution < -0.4 is 5.73 Å². The second-order valence-electron chi connectivity index (χ2n) is 4.61. The van der Waals surface area contributed by atoms with Gasteiger partial charge in [0.2, 0.25) is 0 Å². The number of hydrogen-bond acceptors (Lipinski definition) is 4. The van der Waals surface area contributed by atoms with E-state index in [1.54, 1.807) is 0 Å². The molecule has 92 valence electrons. The minimum absolute atomic E-state index is 0.249. The fraction of sp³-hybridized carbons (Fsp3) is 0.538. The van der Waals surface area contributed by atoms with Crippen molar-refractivity contribution >= 4 is 5.96 Å². The highest BCUT2D eigenvalue weighted by Crippen LogP contribution is 2.29. The number of aryl methyl sites for hydroxylation is 1. The van der Waals surface area contributed by atoms with E-state index in [1.165, 1.54) is 11.1 Å². The summed E-state index contributed by atoms with van der Waals surface area (Å²) in [5.41, 5.74) is 8.48. The first-order valence-electron chi connectivity index (χ1n) is 6.14. The molecule has 1 aliphatic rings. The maximum atomic E-state index is 5.99. The van der Waals surface area contributed by atoms with Gasteiger partial charge in [-0.2, -0.15) is 0 Å². The Hall–Kier alpha value is -1.58. The lowest BCUT2D eigenvalue weighted by Gasteiger charge is -2.32. The summed E-state index contributed by atoms with van der Waals surface area (Å²) in [5.74, 6) is 0.660. The summed E-state index contributed by atoms with van der Waals surface area (Å²) in [6.07, 6.45) is 4.82. The molecular weight excluding hydrogens is 212 g/mol. The highest BCUT2D eigenvalue weighted by Gasteiger charge is 2.31. The molecule has 0 saturated heterocycles. The molecule has 2 heterocycles. The molecule has 0 spiro atoms. The van der Waals surface area contributed by atoms with Gasteiger partial charge >= 0.3 is 0 Å². The van der Waals surface area contributed by atoms with Gasteiger partial charge in [-0.25, -0.2) is 0 Å². The highest BCUT2D eigenvalue weighted by atomic mass is 15.3. The van der Waals surface area contributed by atoms with E-state index in [2.05, 4.69) is 35.6 Å². The fourth-order valence-electron chi connectivity index (χ4n) is 2.31. The molecular formula is C13H20N4. The lowest BCUT2D eigenvalue weighted by molar-refractivity contribution is 0.267. The average molecular weight is 232 g/mol. The number of aromatic nitrogens is 1. The van der Waals surface area contributed by atoms with E-state index in [9.17, 15) is 0 Å². The minimum Gasteiger partial charge on any atom is -0.370 e. The van der Waals surface area contributed by atoms with E-state index in [-0.39, 0.29) is 6.04 Å². The molecule has 0 aliphatic carbocycles. The van der Waals surface area contributed by atoms with Gasteiger partial charge in [0.05, 0.1) is 12.6 Å². The summed E-state index contributed by atoms with van der Waals surface area (Å²) in [7, 11) is 0. The van der Waals surface area contributed by atoms with Crippen molar-refractivity contribution in [2.24, 2.45) is 10.7 Å². The molecule has 4 heteroatoms. The second-order valence-corrected chi connectivity index (χ2v) is 4.61. The average Bonchev–Trinajstić information content (AvgIpc) is 2.71. The number of pyridine rings is 1. The van der Waals surface area contributed by atoms with Gasteiger partial charge in [-0.1, -0.05) is 6.92 Å². The predicted molar refractivity (Wildman–Crippen MR) is 69.8 cm³/mol. The first-order chi connectivity index (χ1) is 8.15. The molecule has 0 bridgehead atoms. The van der Waals surface area contributed by atoms with Crippen LogP contribution in [0.5, 0.6) is 0 Å². The van der Waals surface area contributed by atoms with E-state index in [4.69, 9.17) is 5.73 Å². The number of rotatable bonds is 3. The molecule has 2 N–H and O–H groups in total. The molecule has 1 aromatic heterocycles. The normalized spacial score (nSPS) is 21.5. The molecule has 17 heavy (non-hydrogen) atoms. The molecule has 1 aromatic rings. The Morgan fingerprint density at radius 2 is 2.35 bits per heavy atom. The minimum atomic E-state index is 0.249. The SMILES string of the molecule is CCC(C)N1C(N)=NCC1c1cnccc1C. The summed E-state index contributed by atoms with van der Waals surface area (Å²) >= 11 is 0. The first kappa shape index (κ1) is 11.9. The smallest absolute Gasteiger partial charge is 0.192 e. The van der Waals surface area contributed by atoms with Crippen LogP contribution in [-0.4, -0.2) is 28.4 Å². The summed E-state index contributed by atoms with van der Waals surface area (Å²) in [6, 6.07) is 2.70. The molecule has 2 atom stereocenters. The van der Waals surface area contributed by atoms with Crippen LogP contribution in [0, 0.1) is 6.92 Å². The van der Waals surface area contributed by atoms with Gasteiger partial charge in [-0.15, -0.1) is 0 Å². The topological polar surface area (TPSA) is 54.5 Å². The summed E-state index contributed by atoms with van der Waals surface area (Å²) in [6.45, 7) is 7.21. The first-order valence-corrected chi connectivity index (χ1v) is 6.14. The van der Waals surface area contributed by atoms with Gasteiger partial charge < -0.3 is 10.6 Å². The lowest BCUT2D eigenvalue weighted by atomic mass is 10.0. The van der Waals surface area contributed by atoms with Crippen molar-refractivity contribution in [3.63, 3.8) is 0 Å². The third kappa shape index (κ3) is 2.12. The van der Waals surface area contributed by atoms with Crippen LogP contribution in [-0.2, 0) is 0 Å². The fourth-order valence-corrected chi connectivity index (χ4v) is 2.31. The van der Waals surface area contributed by atoms with Gasteiger partial charge in [-0.05, 0) is 37.5 Å². The zero-order valence-electron chi connectivity index (χ0n) is 10.7. The Morgan fingerprint density at radius 1 is 1.59 bits per heavy atom. The third-order valence-electron chi connectivity index (χ3n) is 3.53. The Kier molecular flexibility index (Phi) is 3.31. The van der Waals surface area contributed by atoms with Crippen LogP contribution >= 0.6 is 0 Å². The Balaban J connectivity index is 2.31. The maximum Gasteiger partial charge on any atom is 0.192 e. The van der Waals surface area contributed by atoms with Crippen LogP contribution in [0.4, 0.5) is 0 Å². The van der Waals surface area contributed by atoms with Crippen molar-refractivity contribution in [2.75, 3.05) is 6.54 Å². The Morgan fingerprint density at radius 3 is 3.00 bits per heavy atom. The second kappa shape index (κ2) is 4.73. The zero-order valence-corrected chi connectivity index (χ0v) is 10.7. The van der Waals surface area contributed by atoms with Crippen molar-refractivity contribution in [2.45, 2.75) is 39.3 Å². The van der Waals surface area contributed by atoms with Gasteiger partial charge in [0.25, 0.3) is 0 Å². The van der Waals surface area contributed by atoms with Crippen LogP contribution in [0.1, 0.15) is 37.4 Å². The monoisotopic (exact) mass is 232 g/mol. The predicted octanol–water partition coefficient (Wildman–Crippen LogP) is 1.86. The van der Waals surface area contributed by atoms with Crippen molar-refractivity contribution in [3.8, 4) is 0 Å². The summed E-state index contributed by atoms with van der Waals surface area (Å²) in [4.78, 5) is 10.8. The van der Waals surface area contributed by atoms with E-state index < -0.39 is 0 Å². The van der Waals surface area contributed by atoms with Crippen molar-refractivity contribution in [1.29, 1.82) is 0 Å². The van der Waals surface area contributed by atoms with Gasteiger partial charge in [0.15, 0.2) is 5.96 Å². The molecule has 2 rings (SSSR count). The van der Waals surface area contributed by atoms with E-state index >= 15 is 0 Å². The number of nitrogens with two attached hydrogens (primary N) is 1. The zero-order chi connectivity index (χ0) is 12.4. The van der Waals surface area contributed by atoms with Crippen LogP contribution in [0.15, 0.2) is 23.5 Å². The molecule has 0 amide bonds. The number of aliphatic imine (C=N–C) groups is 1. The van der Waals surface area contributed by atoms with Crippen molar-refractivity contribution in [3.05, 3.63) is 29.6 Å². The van der Waals surface area contributed by atoms with Crippen molar-refractivity contribution < 1.29 is 0 Å². The van der Waals surface area contributed by atoms with Crippen molar-refractivity contribution in [1.82, 2.24) is 9.88 Å². The standard InChI is InChI=1S/C13H20N4/c1-4-10(3)17-12(8-16-13(17)14)11-7-15-6-5-9(11)2/h5-7,10,12H,4,8H2,1-3H3,(H2,14,16). The van der Waals surface area contributed by atoms with E-state index in [0.29, 0.717) is 12.0 Å². The largest absolute Gasteiger partial charge is 0.370 e. The van der Waals surface area contributed by atoms with Gasteiger partial charge in [-0.3, -0.25) is 9.98 Å². The molecule has 0 saturated carbocycles.